The summed E-state index contributed by atoms with van der Waals surface area (Å²) in [5, 5.41) is 7.04. The largest absolute Gasteiger partial charge is 0.375 e. The first-order valence-corrected chi connectivity index (χ1v) is 13.8. The average Bonchev–Trinajstić information content (AvgIpc) is 3.40. The maximum atomic E-state index is 12.0. The summed E-state index contributed by atoms with van der Waals surface area (Å²) in [5.41, 5.74) is 11.0. The Labute approximate surface area is 241 Å². The third-order valence-electron chi connectivity index (χ3n) is 7.45. The standard InChI is InChI=1S/C32H35N5O2S/c1-19-15-20(2)30(21(3)16-19)36-22(4)17-26(23(36)5)31-29(27-9-7-8-14-33-27)35-32(40)37(31)25-12-10-24(11-13-25)34-28(38)18-39-6/h7-17,29,31H,18H2,1-6H3,(H,34,38)(H,35,40)/t29-,31-/m1/s1. The minimum absolute atomic E-state index is 0.00522. The number of thiocarbonyl (C=S) groups is 1. The fraction of sp³-hybridized carbons (Fsp3) is 0.281. The number of nitrogens with one attached hydrogen (secondary N) is 2. The number of hydrogen-bond acceptors (Lipinski definition) is 4. The SMILES string of the molecule is COCC(=O)Nc1ccc(N2C(=S)N[C@H](c3ccccn3)[C@H]2c2cc(C)n(-c3c(C)cc(C)cc3C)c2C)cc1. The molecule has 2 aromatic carbocycles. The molecule has 2 aromatic heterocycles. The molecule has 5 rings (SSSR count). The summed E-state index contributed by atoms with van der Waals surface area (Å²) in [7, 11) is 1.50. The number of ether oxygens (including phenoxy) is 1. The van der Waals surface area contributed by atoms with E-state index in [0.717, 1.165) is 17.1 Å². The third-order valence-corrected chi connectivity index (χ3v) is 7.77. The minimum Gasteiger partial charge on any atom is -0.375 e. The summed E-state index contributed by atoms with van der Waals surface area (Å²) in [4.78, 5) is 18.9. The second-order valence-corrected chi connectivity index (χ2v) is 10.8. The number of anilines is 2. The molecular weight excluding hydrogens is 518 g/mol. The molecule has 8 heteroatoms. The van der Waals surface area contributed by atoms with Crippen LogP contribution in [0, 0.1) is 34.6 Å². The van der Waals surface area contributed by atoms with E-state index in [1.165, 1.54) is 40.7 Å². The van der Waals surface area contributed by atoms with Crippen LogP contribution in [0.4, 0.5) is 11.4 Å². The highest BCUT2D eigenvalue weighted by atomic mass is 32.1. The zero-order valence-corrected chi connectivity index (χ0v) is 24.6. The predicted octanol–water partition coefficient (Wildman–Crippen LogP) is 6.18. The van der Waals surface area contributed by atoms with Crippen LogP contribution in [-0.2, 0) is 9.53 Å². The van der Waals surface area contributed by atoms with Gasteiger partial charge in [0.1, 0.15) is 6.61 Å². The minimum atomic E-state index is -0.198. The Balaban J connectivity index is 1.61. The Morgan fingerprint density at radius 3 is 2.35 bits per heavy atom. The van der Waals surface area contributed by atoms with E-state index in [0.29, 0.717) is 10.8 Å². The van der Waals surface area contributed by atoms with Gasteiger partial charge in [-0.15, -0.1) is 0 Å². The van der Waals surface area contributed by atoms with E-state index >= 15 is 0 Å². The second kappa shape index (κ2) is 11.2. The van der Waals surface area contributed by atoms with E-state index in [-0.39, 0.29) is 24.6 Å². The topological polar surface area (TPSA) is 71.4 Å². The molecular formula is C32H35N5O2S. The van der Waals surface area contributed by atoms with Gasteiger partial charge >= 0.3 is 0 Å². The van der Waals surface area contributed by atoms with Crippen molar-refractivity contribution < 1.29 is 9.53 Å². The van der Waals surface area contributed by atoms with Gasteiger partial charge in [0.25, 0.3) is 0 Å². The Kier molecular flexibility index (Phi) is 7.74. The van der Waals surface area contributed by atoms with Gasteiger partial charge < -0.3 is 24.8 Å². The fourth-order valence-electron chi connectivity index (χ4n) is 5.94. The fourth-order valence-corrected chi connectivity index (χ4v) is 6.28. The summed E-state index contributed by atoms with van der Waals surface area (Å²) >= 11 is 5.94. The molecule has 2 atom stereocenters. The number of methoxy groups -OCH3 is 1. The molecule has 0 aliphatic carbocycles. The van der Waals surface area contributed by atoms with Crippen LogP contribution >= 0.6 is 12.2 Å². The summed E-state index contributed by atoms with van der Waals surface area (Å²) in [6.07, 6.45) is 1.82. The number of nitrogens with zero attached hydrogens (tertiary/aromatic N) is 3. The number of carbonyl (C=O) groups excluding carboxylic acids is 1. The van der Waals surface area contributed by atoms with Crippen LogP contribution in [0.1, 0.15) is 51.4 Å². The lowest BCUT2D eigenvalue weighted by molar-refractivity contribution is -0.119. The number of carbonyl (C=O) groups is 1. The number of aromatic nitrogens is 2. The quantitative estimate of drug-likeness (QED) is 0.267. The Hall–Kier alpha value is -4.01. The van der Waals surface area contributed by atoms with E-state index in [1.807, 2.05) is 48.7 Å². The van der Waals surface area contributed by atoms with Crippen molar-refractivity contribution >= 4 is 34.6 Å². The van der Waals surface area contributed by atoms with Gasteiger partial charge in [-0.2, -0.15) is 0 Å². The van der Waals surface area contributed by atoms with Crippen LogP contribution in [0.3, 0.4) is 0 Å². The van der Waals surface area contributed by atoms with Crippen LogP contribution in [0.25, 0.3) is 5.69 Å². The first-order valence-electron chi connectivity index (χ1n) is 13.4. The van der Waals surface area contributed by atoms with E-state index in [2.05, 4.69) is 72.9 Å². The molecule has 1 aliphatic heterocycles. The van der Waals surface area contributed by atoms with Crippen LogP contribution < -0.4 is 15.5 Å². The number of hydrogen-bond donors (Lipinski definition) is 2. The van der Waals surface area contributed by atoms with Crippen molar-refractivity contribution in [1.29, 1.82) is 0 Å². The van der Waals surface area contributed by atoms with Crippen molar-refractivity contribution in [2.75, 3.05) is 23.9 Å². The van der Waals surface area contributed by atoms with Crippen molar-refractivity contribution in [3.63, 3.8) is 0 Å². The van der Waals surface area contributed by atoms with E-state index in [9.17, 15) is 4.79 Å². The number of pyridine rings is 1. The summed E-state index contributed by atoms with van der Waals surface area (Å²) in [6, 6.07) is 20.2. The van der Waals surface area contributed by atoms with E-state index in [4.69, 9.17) is 21.9 Å². The molecule has 0 bridgehead atoms. The van der Waals surface area contributed by atoms with Crippen LogP contribution in [0.2, 0.25) is 0 Å². The molecule has 2 N–H and O–H groups in total. The zero-order chi connectivity index (χ0) is 28.6. The lowest BCUT2D eigenvalue weighted by Gasteiger charge is -2.28. The molecule has 7 nitrogen and oxygen atoms in total. The number of aryl methyl sites for hydroxylation is 4. The molecule has 4 aromatic rings. The molecule has 1 fully saturated rings. The zero-order valence-electron chi connectivity index (χ0n) is 23.8. The highest BCUT2D eigenvalue weighted by Gasteiger charge is 2.42. The monoisotopic (exact) mass is 553 g/mol. The Morgan fingerprint density at radius 2 is 1.73 bits per heavy atom. The molecule has 1 saturated heterocycles. The molecule has 1 amide bonds. The van der Waals surface area contributed by atoms with Crippen molar-refractivity contribution in [1.82, 2.24) is 14.9 Å². The lowest BCUT2D eigenvalue weighted by atomic mass is 9.96. The number of rotatable bonds is 7. The van der Waals surface area contributed by atoms with Crippen LogP contribution in [0.5, 0.6) is 0 Å². The van der Waals surface area contributed by atoms with Crippen molar-refractivity contribution in [2.45, 2.75) is 46.7 Å². The maximum Gasteiger partial charge on any atom is 0.250 e. The number of benzene rings is 2. The molecule has 0 unspecified atom stereocenters. The van der Waals surface area contributed by atoms with Gasteiger partial charge in [0.15, 0.2) is 5.11 Å². The summed E-state index contributed by atoms with van der Waals surface area (Å²) in [5.74, 6) is -0.198. The van der Waals surface area contributed by atoms with Gasteiger partial charge in [-0.25, -0.2) is 0 Å². The third kappa shape index (κ3) is 5.12. The Bertz CT molecular complexity index is 1540. The van der Waals surface area contributed by atoms with Crippen LogP contribution in [-0.4, -0.2) is 34.3 Å². The van der Waals surface area contributed by atoms with Crippen molar-refractivity contribution in [3.05, 3.63) is 106 Å². The molecule has 0 saturated carbocycles. The van der Waals surface area contributed by atoms with Gasteiger partial charge in [0.05, 0.1) is 23.5 Å². The van der Waals surface area contributed by atoms with Crippen LogP contribution in [0.15, 0.2) is 66.9 Å². The van der Waals surface area contributed by atoms with Gasteiger partial charge in [0.2, 0.25) is 5.91 Å². The normalized spacial score (nSPS) is 16.8. The molecule has 40 heavy (non-hydrogen) atoms. The van der Waals surface area contributed by atoms with Crippen molar-refractivity contribution in [3.8, 4) is 5.69 Å². The molecule has 3 heterocycles. The molecule has 0 spiro atoms. The second-order valence-electron chi connectivity index (χ2n) is 10.4. The highest BCUT2D eigenvalue weighted by Crippen LogP contribution is 2.44. The predicted molar refractivity (Wildman–Crippen MR) is 164 cm³/mol. The van der Waals surface area contributed by atoms with Gasteiger partial charge in [-0.05, 0) is 106 Å². The molecule has 0 radical (unpaired) electrons. The van der Waals surface area contributed by atoms with Crippen molar-refractivity contribution in [2.24, 2.45) is 0 Å². The summed E-state index contributed by atoms with van der Waals surface area (Å²) in [6.45, 7) is 10.8. The van der Waals surface area contributed by atoms with Gasteiger partial charge in [-0.3, -0.25) is 9.78 Å². The first kappa shape index (κ1) is 27.6. The highest BCUT2D eigenvalue weighted by molar-refractivity contribution is 7.80. The van der Waals surface area contributed by atoms with Gasteiger partial charge in [-0.1, -0.05) is 23.8 Å². The Morgan fingerprint density at radius 1 is 1.02 bits per heavy atom. The lowest BCUT2D eigenvalue weighted by Crippen LogP contribution is -2.29. The number of amides is 1. The van der Waals surface area contributed by atoms with E-state index < -0.39 is 0 Å². The first-order chi connectivity index (χ1) is 19.2. The maximum absolute atomic E-state index is 12.0. The molecule has 1 aliphatic rings. The van der Waals surface area contributed by atoms with E-state index in [1.54, 1.807) is 0 Å². The average molecular weight is 554 g/mol. The summed E-state index contributed by atoms with van der Waals surface area (Å²) < 4.78 is 7.30. The van der Waals surface area contributed by atoms with Gasteiger partial charge in [0, 0.05) is 36.1 Å². The molecule has 206 valence electrons. The smallest absolute Gasteiger partial charge is 0.250 e.